The Kier molecular flexibility index (Phi) is 15.7. The molecule has 1 aliphatic rings. The van der Waals surface area contributed by atoms with Crippen molar-refractivity contribution in [3.8, 4) is 5.75 Å². The Balaban J connectivity index is 0.00000110. The summed E-state index contributed by atoms with van der Waals surface area (Å²) in [6, 6.07) is 8.48. The molecule has 0 aromatic heterocycles. The Morgan fingerprint density at radius 2 is 1.91 bits per heavy atom. The fourth-order valence-corrected chi connectivity index (χ4v) is 4.05. The Labute approximate surface area is 204 Å². The predicted octanol–water partition coefficient (Wildman–Crippen LogP) is 1.07. The number of para-hydroxylation sites is 1. The van der Waals surface area contributed by atoms with E-state index in [9.17, 15) is 23.7 Å². The second-order valence-corrected chi connectivity index (χ2v) is 9.09. The standard InChI is InChI=1S/C17H26NO7P.C2H4FNO.C2H5NO/c1-4-22-16(20)17(2,3)18-26(21,25-13-8-6-5-7-9-13)24-12-15-14(19)10-11-23-15;3-1-2(4)5;1-3-2-4/h5-9,14-15,19H,4,10-12H2,1-3H3,(H,18,21);1H2,(H2,4,5);2H,1H3,(H,3,4)/t14?,15-,26?;;/m1../s1. The van der Waals surface area contributed by atoms with Crippen LogP contribution < -0.4 is 20.7 Å². The number of nitrogens with one attached hydrogen (secondary N) is 2. The number of amides is 2. The monoisotopic (exact) mass is 523 g/mol. The average Bonchev–Trinajstić information content (AvgIpc) is 3.23. The SMILES string of the molecule is CCOC(=O)C(C)(C)NP(=O)(OC[C@H]1OCCC1O)Oc1ccccc1.CNC=O.NC(=O)CF. The zero-order valence-electron chi connectivity index (χ0n) is 20.3. The summed E-state index contributed by atoms with van der Waals surface area (Å²) < 4.78 is 45.3. The van der Waals surface area contributed by atoms with Crippen molar-refractivity contribution in [3.05, 3.63) is 30.3 Å². The molecule has 0 bridgehead atoms. The lowest BCUT2D eigenvalue weighted by Crippen LogP contribution is -2.47. The van der Waals surface area contributed by atoms with E-state index in [1.807, 2.05) is 0 Å². The molecule has 35 heavy (non-hydrogen) atoms. The summed E-state index contributed by atoms with van der Waals surface area (Å²) in [7, 11) is -2.40. The van der Waals surface area contributed by atoms with Gasteiger partial charge >= 0.3 is 13.7 Å². The van der Waals surface area contributed by atoms with Gasteiger partial charge in [0.2, 0.25) is 12.3 Å². The number of esters is 1. The van der Waals surface area contributed by atoms with Gasteiger partial charge in [-0.25, -0.2) is 8.96 Å². The third-order valence-corrected chi connectivity index (χ3v) is 5.78. The van der Waals surface area contributed by atoms with Gasteiger partial charge in [-0.15, -0.1) is 0 Å². The van der Waals surface area contributed by atoms with Gasteiger partial charge < -0.3 is 30.2 Å². The van der Waals surface area contributed by atoms with Crippen LogP contribution in [0.25, 0.3) is 0 Å². The number of benzene rings is 1. The number of ether oxygens (including phenoxy) is 2. The minimum atomic E-state index is -3.96. The van der Waals surface area contributed by atoms with E-state index >= 15 is 0 Å². The number of aliphatic hydroxyl groups excluding tert-OH is 1. The number of rotatable bonds is 11. The molecule has 2 amide bonds. The van der Waals surface area contributed by atoms with Crippen molar-refractivity contribution in [1.82, 2.24) is 10.4 Å². The Morgan fingerprint density at radius 3 is 2.34 bits per heavy atom. The van der Waals surface area contributed by atoms with Gasteiger partial charge in [0.15, 0.2) is 6.67 Å². The summed E-state index contributed by atoms with van der Waals surface area (Å²) in [6.45, 7) is 4.13. The first kappa shape index (κ1) is 32.4. The molecule has 0 aliphatic carbocycles. The van der Waals surface area contributed by atoms with Crippen molar-refractivity contribution >= 4 is 26.0 Å². The number of hydrogen-bond donors (Lipinski definition) is 4. The number of primary amides is 1. The molecule has 1 fully saturated rings. The molecule has 1 heterocycles. The van der Waals surface area contributed by atoms with E-state index in [0.29, 0.717) is 25.2 Å². The molecule has 14 heteroatoms. The van der Waals surface area contributed by atoms with Crippen molar-refractivity contribution in [2.24, 2.45) is 5.73 Å². The second-order valence-electron chi connectivity index (χ2n) is 7.43. The van der Waals surface area contributed by atoms with E-state index in [1.165, 1.54) is 13.8 Å². The fraction of sp³-hybridized carbons (Fsp3) is 0.571. The van der Waals surface area contributed by atoms with Crippen LogP contribution in [0.3, 0.4) is 0 Å². The number of carbonyl (C=O) groups is 3. The van der Waals surface area contributed by atoms with E-state index in [-0.39, 0.29) is 13.2 Å². The molecule has 0 spiro atoms. The van der Waals surface area contributed by atoms with Crippen LogP contribution in [0.5, 0.6) is 5.75 Å². The molecule has 1 aromatic rings. The summed E-state index contributed by atoms with van der Waals surface area (Å²) in [5.41, 5.74) is 2.97. The first-order valence-electron chi connectivity index (χ1n) is 10.6. The summed E-state index contributed by atoms with van der Waals surface area (Å²) in [5, 5.41) is 14.7. The lowest BCUT2D eigenvalue weighted by Gasteiger charge is -2.29. The average molecular weight is 523 g/mol. The molecule has 0 saturated carbocycles. The zero-order chi connectivity index (χ0) is 26.9. The molecule has 2 rings (SSSR count). The first-order chi connectivity index (χ1) is 16.4. The highest BCUT2D eigenvalue weighted by molar-refractivity contribution is 7.52. The molecule has 0 radical (unpaired) electrons. The number of carbonyl (C=O) groups excluding carboxylic acids is 3. The van der Waals surface area contributed by atoms with Gasteiger partial charge in [0.1, 0.15) is 17.4 Å². The van der Waals surface area contributed by atoms with Gasteiger partial charge in [0.05, 0.1) is 19.3 Å². The molecule has 2 unspecified atom stereocenters. The van der Waals surface area contributed by atoms with Crippen LogP contribution in [-0.4, -0.2) is 74.7 Å². The first-order valence-corrected chi connectivity index (χ1v) is 12.2. The minimum Gasteiger partial charge on any atom is -0.465 e. The highest BCUT2D eigenvalue weighted by Crippen LogP contribution is 2.46. The van der Waals surface area contributed by atoms with E-state index in [2.05, 4.69) is 16.1 Å². The van der Waals surface area contributed by atoms with Crippen LogP contribution in [0.1, 0.15) is 27.2 Å². The highest BCUT2D eigenvalue weighted by atomic mass is 31.2. The summed E-state index contributed by atoms with van der Waals surface area (Å²) in [4.78, 5) is 30.4. The van der Waals surface area contributed by atoms with Crippen molar-refractivity contribution < 1.29 is 47.0 Å². The number of nitrogens with two attached hydrogens (primary N) is 1. The van der Waals surface area contributed by atoms with Crippen molar-refractivity contribution in [2.75, 3.05) is 33.5 Å². The minimum absolute atomic E-state index is 0.142. The van der Waals surface area contributed by atoms with Gasteiger partial charge in [-0.05, 0) is 39.3 Å². The summed E-state index contributed by atoms with van der Waals surface area (Å²) in [6.07, 6.45) is -0.187. The van der Waals surface area contributed by atoms with Crippen LogP contribution in [-0.2, 0) is 32.9 Å². The third kappa shape index (κ3) is 13.8. The third-order valence-electron chi connectivity index (χ3n) is 4.00. The summed E-state index contributed by atoms with van der Waals surface area (Å²) >= 11 is 0. The molecule has 3 atom stereocenters. The molecule has 1 aliphatic heterocycles. The van der Waals surface area contributed by atoms with Gasteiger partial charge in [-0.1, -0.05) is 18.2 Å². The maximum atomic E-state index is 13.3. The fourth-order valence-electron chi connectivity index (χ4n) is 2.37. The van der Waals surface area contributed by atoms with Crippen LogP contribution in [0.4, 0.5) is 4.39 Å². The molecule has 12 nitrogen and oxygen atoms in total. The number of alkyl halides is 1. The van der Waals surface area contributed by atoms with Crippen LogP contribution in [0, 0.1) is 0 Å². The molecule has 5 N–H and O–H groups in total. The van der Waals surface area contributed by atoms with Crippen LogP contribution in [0.15, 0.2) is 30.3 Å². The van der Waals surface area contributed by atoms with Crippen LogP contribution in [0.2, 0.25) is 0 Å². The van der Waals surface area contributed by atoms with E-state index in [1.54, 1.807) is 44.3 Å². The Morgan fingerprint density at radius 1 is 1.34 bits per heavy atom. The van der Waals surface area contributed by atoms with Gasteiger partial charge in [-0.3, -0.25) is 18.9 Å². The molecule has 200 valence electrons. The number of aliphatic hydroxyl groups is 1. The zero-order valence-corrected chi connectivity index (χ0v) is 21.2. The molecular weight excluding hydrogens is 488 g/mol. The maximum Gasteiger partial charge on any atom is 0.459 e. The molecule has 1 saturated heterocycles. The predicted molar refractivity (Wildman–Crippen MR) is 125 cm³/mol. The van der Waals surface area contributed by atoms with E-state index in [0.717, 1.165) is 0 Å². The maximum absolute atomic E-state index is 13.3. The van der Waals surface area contributed by atoms with Crippen molar-refractivity contribution in [3.63, 3.8) is 0 Å². The topological polar surface area (TPSA) is 176 Å². The lowest BCUT2D eigenvalue weighted by atomic mass is 10.1. The molecular formula is C21H35FN3O9P. The molecule has 1 aromatic carbocycles. The van der Waals surface area contributed by atoms with E-state index < -0.39 is 44.0 Å². The largest absolute Gasteiger partial charge is 0.465 e. The van der Waals surface area contributed by atoms with Gasteiger partial charge in [-0.2, -0.15) is 5.09 Å². The Bertz CT molecular complexity index is 814. The van der Waals surface area contributed by atoms with Crippen molar-refractivity contribution in [1.29, 1.82) is 0 Å². The van der Waals surface area contributed by atoms with Crippen LogP contribution >= 0.6 is 7.75 Å². The smallest absolute Gasteiger partial charge is 0.459 e. The van der Waals surface area contributed by atoms with E-state index in [4.69, 9.17) is 23.3 Å². The lowest BCUT2D eigenvalue weighted by molar-refractivity contribution is -0.149. The normalized spacial score (nSPS) is 18.5. The Hall–Kier alpha value is -2.57. The quantitative estimate of drug-likeness (QED) is 0.186. The second kappa shape index (κ2) is 17.0. The highest BCUT2D eigenvalue weighted by Gasteiger charge is 2.41. The number of hydrogen-bond acceptors (Lipinski definition) is 9. The van der Waals surface area contributed by atoms with Gasteiger partial charge in [0, 0.05) is 13.7 Å². The van der Waals surface area contributed by atoms with Crippen molar-refractivity contribution in [2.45, 2.75) is 44.9 Å². The summed E-state index contributed by atoms with van der Waals surface area (Å²) in [5.74, 6) is -1.18. The van der Waals surface area contributed by atoms with Gasteiger partial charge in [0.25, 0.3) is 0 Å². The number of halogens is 1.